The maximum atomic E-state index is 12.2. The first-order chi connectivity index (χ1) is 14.7. The van der Waals surface area contributed by atoms with E-state index < -0.39 is 5.91 Å². The average molecular weight is 475 g/mol. The molecule has 0 aliphatic rings. The van der Waals surface area contributed by atoms with Gasteiger partial charge in [0.25, 0.3) is 0 Å². The number of halogens is 2. The Kier molecular flexibility index (Phi) is 7.38. The van der Waals surface area contributed by atoms with Crippen LogP contribution in [-0.2, 0) is 4.79 Å². The molecule has 0 radical (unpaired) electrons. The highest BCUT2D eigenvalue weighted by molar-refractivity contribution is 7.80. The Morgan fingerprint density at radius 1 is 1.16 bits per heavy atom. The molecule has 0 saturated carbocycles. The van der Waals surface area contributed by atoms with Crippen molar-refractivity contribution < 1.29 is 14.3 Å². The third kappa shape index (κ3) is 5.88. The third-order valence-corrected chi connectivity index (χ3v) is 5.44. The molecule has 160 valence electrons. The molecule has 8 heteroatoms. The number of carbonyl (C=O) groups is 1. The van der Waals surface area contributed by atoms with Crippen LogP contribution in [0.4, 0.5) is 5.69 Å². The second-order valence-corrected chi connectivity index (χ2v) is 8.20. The van der Waals surface area contributed by atoms with E-state index in [1.54, 1.807) is 42.5 Å². The lowest BCUT2D eigenvalue weighted by atomic mass is 10.0. The van der Waals surface area contributed by atoms with Crippen LogP contribution in [0.1, 0.15) is 31.1 Å². The number of hydrogen-bond acceptors (Lipinski definition) is 4. The zero-order valence-electron chi connectivity index (χ0n) is 16.8. The Hall–Kier alpha value is -2.80. The third-order valence-electron chi connectivity index (χ3n) is 4.42. The van der Waals surface area contributed by atoms with Gasteiger partial charge in [0, 0.05) is 11.6 Å². The first kappa shape index (κ1) is 22.9. The van der Waals surface area contributed by atoms with Crippen LogP contribution < -0.4 is 10.6 Å². The number of thiocarbonyl (C=S) groups is 1. The molecule has 3 N–H and O–H groups in total. The zero-order valence-corrected chi connectivity index (χ0v) is 19.1. The number of furan rings is 1. The lowest BCUT2D eigenvalue weighted by Gasteiger charge is -2.13. The summed E-state index contributed by atoms with van der Waals surface area (Å²) in [6, 6.07) is 13.9. The quantitative estimate of drug-likeness (QED) is 0.220. The van der Waals surface area contributed by atoms with E-state index in [-0.39, 0.29) is 16.8 Å². The molecule has 2 aromatic carbocycles. The van der Waals surface area contributed by atoms with E-state index in [2.05, 4.69) is 10.6 Å². The van der Waals surface area contributed by atoms with Crippen LogP contribution in [0, 0.1) is 0 Å². The summed E-state index contributed by atoms with van der Waals surface area (Å²) < 4.78 is 5.72. The van der Waals surface area contributed by atoms with Crippen molar-refractivity contribution in [1.82, 2.24) is 5.32 Å². The van der Waals surface area contributed by atoms with Crippen LogP contribution in [0.15, 0.2) is 59.0 Å². The van der Waals surface area contributed by atoms with Crippen molar-refractivity contribution in [3.63, 3.8) is 0 Å². The maximum Gasteiger partial charge on any atom is 0.250 e. The Labute approximate surface area is 195 Å². The van der Waals surface area contributed by atoms with Gasteiger partial charge < -0.3 is 14.8 Å². The van der Waals surface area contributed by atoms with Crippen molar-refractivity contribution >= 4 is 58.2 Å². The number of phenols is 1. The second kappa shape index (κ2) is 10.0. The van der Waals surface area contributed by atoms with Crippen molar-refractivity contribution in [3.8, 4) is 17.1 Å². The van der Waals surface area contributed by atoms with E-state index in [9.17, 15) is 9.90 Å². The van der Waals surface area contributed by atoms with Gasteiger partial charge >= 0.3 is 0 Å². The minimum atomic E-state index is -0.448. The molecule has 0 unspecified atom stereocenters. The van der Waals surface area contributed by atoms with Crippen molar-refractivity contribution in [3.05, 3.63) is 76.0 Å². The topological polar surface area (TPSA) is 74.5 Å². The van der Waals surface area contributed by atoms with E-state index in [1.165, 1.54) is 12.2 Å². The van der Waals surface area contributed by atoms with Crippen LogP contribution in [0.3, 0.4) is 0 Å². The molecular formula is C23H20Cl2N2O3S. The number of rotatable bonds is 5. The van der Waals surface area contributed by atoms with Gasteiger partial charge in [-0.05, 0) is 66.2 Å². The number of benzene rings is 2. The van der Waals surface area contributed by atoms with Crippen molar-refractivity contribution in [1.29, 1.82) is 0 Å². The number of amides is 1. The monoisotopic (exact) mass is 474 g/mol. The Balaban J connectivity index is 1.62. The fourth-order valence-corrected chi connectivity index (χ4v) is 3.36. The second-order valence-electron chi connectivity index (χ2n) is 7.01. The van der Waals surface area contributed by atoms with Crippen molar-refractivity contribution in [2.75, 3.05) is 5.32 Å². The summed E-state index contributed by atoms with van der Waals surface area (Å²) in [4.78, 5) is 12.2. The summed E-state index contributed by atoms with van der Waals surface area (Å²) in [5.41, 5.74) is 2.12. The number of anilines is 1. The molecule has 0 atom stereocenters. The molecule has 3 aromatic rings. The van der Waals surface area contributed by atoms with E-state index in [4.69, 9.17) is 39.8 Å². The SMILES string of the molecule is CC(C)c1ccc(O)c(NC(=S)NC(=O)C=Cc2ccc(-c3cccc(Cl)c3Cl)o2)c1. The predicted molar refractivity (Wildman–Crippen MR) is 130 cm³/mol. The van der Waals surface area contributed by atoms with Crippen LogP contribution >= 0.6 is 35.4 Å². The lowest BCUT2D eigenvalue weighted by Crippen LogP contribution is -2.32. The van der Waals surface area contributed by atoms with E-state index >= 15 is 0 Å². The van der Waals surface area contributed by atoms with Gasteiger partial charge in [-0.2, -0.15) is 0 Å². The van der Waals surface area contributed by atoms with Crippen LogP contribution in [0.25, 0.3) is 17.4 Å². The molecule has 1 amide bonds. The van der Waals surface area contributed by atoms with Gasteiger partial charge in [-0.15, -0.1) is 0 Å². The number of carbonyl (C=O) groups excluding carboxylic acids is 1. The lowest BCUT2D eigenvalue weighted by molar-refractivity contribution is -0.115. The van der Waals surface area contributed by atoms with Gasteiger partial charge in [0.05, 0.1) is 15.7 Å². The van der Waals surface area contributed by atoms with Gasteiger partial charge in [0.15, 0.2) is 5.11 Å². The fraction of sp³-hybridized carbons (Fsp3) is 0.130. The van der Waals surface area contributed by atoms with Gasteiger partial charge in [0.1, 0.15) is 17.3 Å². The summed E-state index contributed by atoms with van der Waals surface area (Å²) in [6.45, 7) is 4.09. The Bertz CT molecular complexity index is 1160. The summed E-state index contributed by atoms with van der Waals surface area (Å²) in [6.07, 6.45) is 2.80. The number of phenolic OH excluding ortho intramolecular Hbond substituents is 1. The average Bonchev–Trinajstić information content (AvgIpc) is 3.18. The summed E-state index contributed by atoms with van der Waals surface area (Å²) in [7, 11) is 0. The van der Waals surface area contributed by atoms with Gasteiger partial charge in [-0.3, -0.25) is 10.1 Å². The molecule has 0 bridgehead atoms. The fourth-order valence-electron chi connectivity index (χ4n) is 2.76. The number of nitrogens with one attached hydrogen (secondary N) is 2. The minimum absolute atomic E-state index is 0.0410. The molecule has 3 rings (SSSR count). The Morgan fingerprint density at radius 2 is 1.94 bits per heavy atom. The maximum absolute atomic E-state index is 12.2. The summed E-state index contributed by atoms with van der Waals surface area (Å²) in [5, 5.41) is 16.3. The van der Waals surface area contributed by atoms with E-state index in [0.717, 1.165) is 5.56 Å². The molecular weight excluding hydrogens is 455 g/mol. The van der Waals surface area contributed by atoms with E-state index in [0.29, 0.717) is 32.8 Å². The first-order valence-corrected chi connectivity index (χ1v) is 10.6. The molecule has 5 nitrogen and oxygen atoms in total. The highest BCUT2D eigenvalue weighted by atomic mass is 35.5. The zero-order chi connectivity index (χ0) is 22.5. The molecule has 0 saturated heterocycles. The largest absolute Gasteiger partial charge is 0.506 e. The van der Waals surface area contributed by atoms with E-state index in [1.807, 2.05) is 19.9 Å². The van der Waals surface area contributed by atoms with Gasteiger partial charge in [-0.1, -0.05) is 49.2 Å². The predicted octanol–water partition coefficient (Wildman–Crippen LogP) is 6.61. The summed E-state index contributed by atoms with van der Waals surface area (Å²) in [5.74, 6) is 0.870. The summed E-state index contributed by atoms with van der Waals surface area (Å²) >= 11 is 17.4. The van der Waals surface area contributed by atoms with Crippen molar-refractivity contribution in [2.24, 2.45) is 0 Å². The standard InChI is InChI=1S/C23H20Cl2N2O3S/c1-13(2)14-6-9-19(28)18(12-14)26-23(31)27-21(29)11-8-15-7-10-20(30-15)16-4-3-5-17(24)22(16)25/h3-13,28H,1-2H3,(H2,26,27,29,31). The van der Waals surface area contributed by atoms with Crippen LogP contribution in [-0.4, -0.2) is 16.1 Å². The molecule has 1 heterocycles. The van der Waals surface area contributed by atoms with Crippen molar-refractivity contribution in [2.45, 2.75) is 19.8 Å². The molecule has 1 aromatic heterocycles. The van der Waals surface area contributed by atoms with Gasteiger partial charge in [0.2, 0.25) is 5.91 Å². The Morgan fingerprint density at radius 3 is 2.68 bits per heavy atom. The molecule has 0 aliphatic carbocycles. The smallest absolute Gasteiger partial charge is 0.250 e. The van der Waals surface area contributed by atoms with Gasteiger partial charge in [-0.25, -0.2) is 0 Å². The molecule has 0 spiro atoms. The highest BCUT2D eigenvalue weighted by Crippen LogP contribution is 2.34. The van der Waals surface area contributed by atoms with Crippen LogP contribution in [0.2, 0.25) is 10.0 Å². The van der Waals surface area contributed by atoms with Crippen LogP contribution in [0.5, 0.6) is 5.75 Å². The molecule has 0 aliphatic heterocycles. The molecule has 31 heavy (non-hydrogen) atoms. The first-order valence-electron chi connectivity index (χ1n) is 9.41. The number of hydrogen-bond donors (Lipinski definition) is 3. The highest BCUT2D eigenvalue weighted by Gasteiger charge is 2.11. The number of aromatic hydroxyl groups is 1. The molecule has 0 fully saturated rings. The minimum Gasteiger partial charge on any atom is -0.506 e. The normalized spacial score (nSPS) is 11.1.